The van der Waals surface area contributed by atoms with E-state index in [0.717, 1.165) is 17.7 Å². The maximum Gasteiger partial charge on any atom is 0.328 e. The highest BCUT2D eigenvalue weighted by atomic mass is 16.7. The van der Waals surface area contributed by atoms with Crippen LogP contribution in [0.25, 0.3) is 11.1 Å². The topological polar surface area (TPSA) is 150 Å². The van der Waals surface area contributed by atoms with Crippen LogP contribution in [0.3, 0.4) is 0 Å². The van der Waals surface area contributed by atoms with Crippen molar-refractivity contribution in [3.63, 3.8) is 0 Å². The number of anilines is 1. The molecule has 4 N–H and O–H groups in total. The number of amides is 2. The van der Waals surface area contributed by atoms with Crippen molar-refractivity contribution in [3.8, 4) is 16.9 Å². The van der Waals surface area contributed by atoms with E-state index in [2.05, 4.69) is 31.4 Å². The smallest absolute Gasteiger partial charge is 0.328 e. The van der Waals surface area contributed by atoms with Crippen LogP contribution >= 0.6 is 0 Å². The minimum atomic E-state index is -0.929. The zero-order chi connectivity index (χ0) is 40.5. The second-order valence-corrected chi connectivity index (χ2v) is 16.6. The lowest BCUT2D eigenvalue weighted by Crippen LogP contribution is -2.62. The Bertz CT molecular complexity index is 1880. The Morgan fingerprint density at radius 2 is 1.77 bits per heavy atom. The quantitative estimate of drug-likeness (QED) is 0.172. The number of hydrogen-bond acceptors (Lipinski definition) is 10. The molecule has 3 aromatic carbocycles. The molecule has 1 saturated heterocycles. The van der Waals surface area contributed by atoms with E-state index >= 15 is 0 Å². The van der Waals surface area contributed by atoms with Crippen molar-refractivity contribution < 1.29 is 38.9 Å². The summed E-state index contributed by atoms with van der Waals surface area (Å²) in [7, 11) is 6.63. The Kier molecular flexibility index (Phi) is 12.4. The summed E-state index contributed by atoms with van der Waals surface area (Å²) in [5.41, 5.74) is 4.32. The molecule has 9 atom stereocenters. The average molecular weight is 771 g/mol. The van der Waals surface area contributed by atoms with Crippen LogP contribution in [-0.4, -0.2) is 98.3 Å². The summed E-state index contributed by atoms with van der Waals surface area (Å²) in [6, 6.07) is 18.8. The van der Waals surface area contributed by atoms with Crippen molar-refractivity contribution in [2.45, 2.75) is 83.8 Å². The summed E-state index contributed by atoms with van der Waals surface area (Å²) in [5.74, 6) is 0.0139. The van der Waals surface area contributed by atoms with Crippen LogP contribution in [0.2, 0.25) is 0 Å². The fourth-order valence-corrected chi connectivity index (χ4v) is 9.41. The Morgan fingerprint density at radius 1 is 1.04 bits per heavy atom. The molecule has 0 radical (unpaired) electrons. The molecule has 3 saturated carbocycles. The number of methoxy groups -OCH3 is 2. The van der Waals surface area contributed by atoms with Gasteiger partial charge in [-0.15, -0.1) is 0 Å². The predicted octanol–water partition coefficient (Wildman–Crippen LogP) is 4.60. The van der Waals surface area contributed by atoms with Crippen LogP contribution in [0.1, 0.15) is 62.0 Å². The highest BCUT2D eigenvalue weighted by Crippen LogP contribution is 2.61. The maximum atomic E-state index is 14.3. The van der Waals surface area contributed by atoms with E-state index in [9.17, 15) is 24.6 Å². The summed E-state index contributed by atoms with van der Waals surface area (Å²) in [5, 5.41) is 29.1. The third-order valence-corrected chi connectivity index (χ3v) is 12.8. The number of carbonyl (C=O) groups is 3. The fraction of sp³-hybridized carbons (Fsp3) is 0.523. The van der Waals surface area contributed by atoms with E-state index < -0.39 is 42.1 Å². The number of fused-ring (bicyclic) bond motifs is 2. The Balaban J connectivity index is 1.29. The highest BCUT2D eigenvalue weighted by molar-refractivity contribution is 5.99. The van der Waals surface area contributed by atoms with E-state index in [1.54, 1.807) is 31.2 Å². The Morgan fingerprint density at radius 3 is 2.38 bits per heavy atom. The molecule has 0 spiro atoms. The average Bonchev–Trinajstić information content (AvgIpc) is 3.56. The van der Waals surface area contributed by atoms with Crippen molar-refractivity contribution in [1.82, 2.24) is 15.7 Å². The minimum absolute atomic E-state index is 0.0124. The van der Waals surface area contributed by atoms with Crippen LogP contribution in [-0.2, 0) is 32.1 Å². The van der Waals surface area contributed by atoms with Crippen LogP contribution < -0.4 is 20.3 Å². The molecule has 302 valence electrons. The van der Waals surface area contributed by atoms with Gasteiger partial charge < -0.3 is 35.2 Å². The van der Waals surface area contributed by atoms with Crippen LogP contribution in [0.4, 0.5) is 5.69 Å². The van der Waals surface area contributed by atoms with E-state index in [4.69, 9.17) is 14.3 Å². The van der Waals surface area contributed by atoms with Crippen molar-refractivity contribution in [3.05, 3.63) is 83.4 Å². The third-order valence-electron chi connectivity index (χ3n) is 12.8. The van der Waals surface area contributed by atoms with Crippen molar-refractivity contribution in [1.29, 1.82) is 0 Å². The second-order valence-electron chi connectivity index (χ2n) is 16.6. The van der Waals surface area contributed by atoms with Gasteiger partial charge in [-0.25, -0.2) is 4.79 Å². The number of benzene rings is 3. The molecule has 3 aromatic rings. The molecular formula is C44H58N4O8. The largest absolute Gasteiger partial charge is 0.496 e. The number of ether oxygens (including phenoxy) is 2. The molecule has 3 aliphatic carbocycles. The molecule has 4 fully saturated rings. The van der Waals surface area contributed by atoms with E-state index in [0.29, 0.717) is 45.8 Å². The molecule has 12 heteroatoms. The Hall–Kier alpha value is -4.49. The van der Waals surface area contributed by atoms with Gasteiger partial charge in [0.25, 0.3) is 5.91 Å². The third kappa shape index (κ3) is 8.16. The lowest BCUT2D eigenvalue weighted by atomic mass is 9.45. The van der Waals surface area contributed by atoms with Gasteiger partial charge in [-0.05, 0) is 72.3 Å². The number of nitrogens with zero attached hydrogens (tertiary/aromatic N) is 2. The van der Waals surface area contributed by atoms with Crippen LogP contribution in [0, 0.1) is 29.1 Å². The molecule has 0 aromatic heterocycles. The van der Waals surface area contributed by atoms with E-state index in [1.807, 2.05) is 73.6 Å². The number of aliphatic hydroxyl groups excluding tert-OH is 2. The maximum absolute atomic E-state index is 14.3. The van der Waals surface area contributed by atoms with Gasteiger partial charge in [0, 0.05) is 54.9 Å². The highest BCUT2D eigenvalue weighted by Gasteiger charge is 2.57. The van der Waals surface area contributed by atoms with Crippen LogP contribution in [0.5, 0.6) is 5.75 Å². The normalized spacial score (nSPS) is 26.4. The molecule has 1 unspecified atom stereocenters. The van der Waals surface area contributed by atoms with Gasteiger partial charge in [0.2, 0.25) is 5.91 Å². The molecule has 56 heavy (non-hydrogen) atoms. The van der Waals surface area contributed by atoms with E-state index in [1.165, 1.54) is 13.5 Å². The van der Waals surface area contributed by atoms with Gasteiger partial charge in [0.05, 0.1) is 33.5 Å². The SMILES string of the molecule is COC(=O)[C@H](Cc1ccccc1)NC(=O)c1cc(-c2cccc(CN3O[C@@H](CO)[C@@H]([C@H](C)O)[C@H]3C(=O)N[C@H]3CC4C[C@@H]([C@@H]3C)C4(C)C)c2OC)cc(N(C)C)c1. The van der Waals surface area contributed by atoms with Crippen molar-refractivity contribution >= 4 is 23.5 Å². The zero-order valence-corrected chi connectivity index (χ0v) is 33.8. The number of esters is 1. The first kappa shape index (κ1) is 41.2. The number of carbonyl (C=O) groups excluding carboxylic acids is 3. The molecule has 1 aliphatic heterocycles. The molecule has 7 rings (SSSR count). The fourth-order valence-electron chi connectivity index (χ4n) is 9.41. The number of para-hydroxylation sites is 1. The first-order valence-corrected chi connectivity index (χ1v) is 19.6. The summed E-state index contributed by atoms with van der Waals surface area (Å²) >= 11 is 0. The Labute approximate surface area is 330 Å². The zero-order valence-electron chi connectivity index (χ0n) is 33.8. The molecule has 2 bridgehead atoms. The second kappa shape index (κ2) is 16.9. The van der Waals surface area contributed by atoms with Crippen LogP contribution in [0.15, 0.2) is 66.7 Å². The lowest BCUT2D eigenvalue weighted by molar-refractivity contribution is -0.183. The van der Waals surface area contributed by atoms with Gasteiger partial charge in [0.1, 0.15) is 23.9 Å². The lowest BCUT2D eigenvalue weighted by Gasteiger charge is -2.62. The van der Waals surface area contributed by atoms with Gasteiger partial charge in [0.15, 0.2) is 0 Å². The molecule has 12 nitrogen and oxygen atoms in total. The summed E-state index contributed by atoms with van der Waals surface area (Å²) in [6.45, 7) is 8.25. The number of aliphatic hydroxyl groups is 2. The van der Waals surface area contributed by atoms with Gasteiger partial charge in [-0.1, -0.05) is 69.3 Å². The van der Waals surface area contributed by atoms with Crippen molar-refractivity contribution in [2.24, 2.45) is 29.1 Å². The summed E-state index contributed by atoms with van der Waals surface area (Å²) < 4.78 is 11.1. The summed E-state index contributed by atoms with van der Waals surface area (Å²) in [4.78, 5) is 49.1. The number of hydroxylamine groups is 2. The predicted molar refractivity (Wildman–Crippen MR) is 214 cm³/mol. The van der Waals surface area contributed by atoms with Crippen molar-refractivity contribution in [2.75, 3.05) is 39.8 Å². The molecule has 2 amide bonds. The number of hydrogen-bond donors (Lipinski definition) is 4. The first-order valence-electron chi connectivity index (χ1n) is 19.6. The first-order chi connectivity index (χ1) is 26.7. The number of rotatable bonds is 14. The minimum Gasteiger partial charge on any atom is -0.496 e. The summed E-state index contributed by atoms with van der Waals surface area (Å²) in [6.07, 6.45) is 0.639. The van der Waals surface area contributed by atoms with Gasteiger partial charge >= 0.3 is 5.97 Å². The van der Waals surface area contributed by atoms with Gasteiger partial charge in [-0.3, -0.25) is 14.4 Å². The van der Waals surface area contributed by atoms with Gasteiger partial charge in [-0.2, -0.15) is 5.06 Å². The number of nitrogens with one attached hydrogen (secondary N) is 2. The standard InChI is InChI=1S/C44H58N4O8/c1-25-34-21-31(44(34,3)4)22-35(25)45-42(52)39-38(26(2)50)37(24-49)56-48(39)23-28-15-12-16-33(40(28)54-7)29-18-30(20-32(19-29)47(5)6)41(51)46-36(43(53)55-8)17-27-13-10-9-11-14-27/h9-16,18-20,25-26,31,34-39,49-50H,17,21-24H2,1-8H3,(H,45,52)(H,46,51)/t25-,26-,31?,34-,35-,36-,37-,38+,39-/m0/s1. The monoisotopic (exact) mass is 770 g/mol. The van der Waals surface area contributed by atoms with E-state index in [-0.39, 0.29) is 36.9 Å². The molecular weight excluding hydrogens is 713 g/mol. The molecule has 4 aliphatic rings. The molecule has 1 heterocycles.